The molecule has 5 atom stereocenters. The lowest BCUT2D eigenvalue weighted by Gasteiger charge is -2.33. The SMILES string of the molecule is CC(=O)N[C@@H]([C@@H](O)[C@H](O)[C@@H](CO)OC(C)=O)[C@@H](O)CC(=O)C(=O)O. The molecule has 0 aliphatic carbocycles. The Hall–Kier alpha value is -2.08. The Morgan fingerprint density at radius 1 is 1.04 bits per heavy atom. The molecule has 0 saturated heterocycles. The van der Waals surface area contributed by atoms with Crippen LogP contribution in [0.25, 0.3) is 0 Å². The number of carbonyl (C=O) groups excluding carboxylic acids is 3. The molecule has 6 N–H and O–H groups in total. The van der Waals surface area contributed by atoms with E-state index in [1.54, 1.807) is 0 Å². The van der Waals surface area contributed by atoms with E-state index in [1.165, 1.54) is 0 Å². The first-order chi connectivity index (χ1) is 11.0. The third-order valence-corrected chi connectivity index (χ3v) is 3.01. The molecule has 0 spiro atoms. The number of hydrogen-bond acceptors (Lipinski definition) is 9. The highest BCUT2D eigenvalue weighted by molar-refractivity contribution is 6.32. The first-order valence-electron chi connectivity index (χ1n) is 6.86. The minimum Gasteiger partial charge on any atom is -0.475 e. The van der Waals surface area contributed by atoms with Gasteiger partial charge in [-0.05, 0) is 0 Å². The van der Waals surface area contributed by atoms with Gasteiger partial charge in [0.2, 0.25) is 11.7 Å². The lowest BCUT2D eigenvalue weighted by molar-refractivity contribution is -0.165. The van der Waals surface area contributed by atoms with Gasteiger partial charge in [-0.3, -0.25) is 14.4 Å². The number of Topliss-reactive ketones (excluding diaryl/α,β-unsaturated/α-hetero) is 1. The smallest absolute Gasteiger partial charge is 0.372 e. The van der Waals surface area contributed by atoms with E-state index in [4.69, 9.17) is 10.2 Å². The van der Waals surface area contributed by atoms with E-state index in [0.29, 0.717) is 0 Å². The molecular weight excluding hydrogens is 330 g/mol. The van der Waals surface area contributed by atoms with Gasteiger partial charge in [-0.25, -0.2) is 4.79 Å². The van der Waals surface area contributed by atoms with Crippen LogP contribution in [0.15, 0.2) is 0 Å². The summed E-state index contributed by atoms with van der Waals surface area (Å²) in [6.07, 6.45) is -8.25. The molecule has 0 radical (unpaired) electrons. The summed E-state index contributed by atoms with van der Waals surface area (Å²) in [5.74, 6) is -4.81. The molecule has 1 amide bonds. The monoisotopic (exact) mass is 351 g/mol. The van der Waals surface area contributed by atoms with E-state index < -0.39 is 67.1 Å². The second-order valence-corrected chi connectivity index (χ2v) is 5.04. The highest BCUT2D eigenvalue weighted by atomic mass is 16.6. The number of carbonyl (C=O) groups is 4. The number of ether oxygens (including phenoxy) is 1. The Kier molecular flexibility index (Phi) is 9.07. The summed E-state index contributed by atoms with van der Waals surface area (Å²) in [6, 6.07) is -1.65. The van der Waals surface area contributed by atoms with Crippen LogP contribution >= 0.6 is 0 Å². The molecule has 0 aromatic carbocycles. The van der Waals surface area contributed by atoms with Gasteiger partial charge >= 0.3 is 11.9 Å². The second kappa shape index (κ2) is 9.93. The molecular formula is C13H21NO10. The largest absolute Gasteiger partial charge is 0.475 e. The number of aliphatic carboxylic acids is 1. The van der Waals surface area contributed by atoms with Gasteiger partial charge in [-0.15, -0.1) is 0 Å². The van der Waals surface area contributed by atoms with Crippen LogP contribution in [-0.2, 0) is 23.9 Å². The second-order valence-electron chi connectivity index (χ2n) is 5.04. The number of aliphatic hydroxyl groups is 4. The maximum Gasteiger partial charge on any atom is 0.372 e. The molecule has 0 fully saturated rings. The standard InChI is InChI=1S/C13H21NO10/c1-5(16)14-10(7(18)3-8(19)13(22)23)12(21)11(20)9(4-15)24-6(2)17/h7,9-12,15,18,20-21H,3-4H2,1-2H3,(H,14,16)(H,22,23)/t7-,9+,10+,11+,12+/m0/s1. The van der Waals surface area contributed by atoms with Crippen LogP contribution in [0.4, 0.5) is 0 Å². The van der Waals surface area contributed by atoms with Crippen molar-refractivity contribution in [3.63, 3.8) is 0 Å². The van der Waals surface area contributed by atoms with Gasteiger partial charge in [0.1, 0.15) is 12.2 Å². The molecule has 24 heavy (non-hydrogen) atoms. The molecule has 0 saturated carbocycles. The number of esters is 1. The molecule has 0 aliphatic rings. The Balaban J connectivity index is 5.25. The lowest BCUT2D eigenvalue weighted by atomic mass is 9.94. The number of ketones is 1. The average molecular weight is 351 g/mol. The zero-order valence-corrected chi connectivity index (χ0v) is 13.1. The molecule has 0 rings (SSSR count). The summed E-state index contributed by atoms with van der Waals surface area (Å²) >= 11 is 0. The zero-order valence-electron chi connectivity index (χ0n) is 13.1. The molecule has 0 aliphatic heterocycles. The van der Waals surface area contributed by atoms with Crippen molar-refractivity contribution in [1.82, 2.24) is 5.32 Å². The summed E-state index contributed by atoms with van der Waals surface area (Å²) in [5.41, 5.74) is 0. The molecule has 0 aromatic heterocycles. The molecule has 11 nitrogen and oxygen atoms in total. The third-order valence-electron chi connectivity index (χ3n) is 3.01. The number of nitrogens with one attached hydrogen (secondary N) is 1. The average Bonchev–Trinajstić information content (AvgIpc) is 2.48. The van der Waals surface area contributed by atoms with Gasteiger partial charge < -0.3 is 35.6 Å². The number of carboxylic acids is 1. The van der Waals surface area contributed by atoms with Gasteiger partial charge in [-0.2, -0.15) is 0 Å². The van der Waals surface area contributed by atoms with Crippen molar-refractivity contribution >= 4 is 23.6 Å². The van der Waals surface area contributed by atoms with E-state index >= 15 is 0 Å². The number of rotatable bonds is 10. The normalized spacial score (nSPS) is 17.1. The van der Waals surface area contributed by atoms with Gasteiger partial charge in [-0.1, -0.05) is 0 Å². The fourth-order valence-corrected chi connectivity index (χ4v) is 1.91. The van der Waals surface area contributed by atoms with Gasteiger partial charge in [0.05, 0.1) is 18.8 Å². The minimum absolute atomic E-state index is 0.749. The molecule has 0 aromatic rings. The fourth-order valence-electron chi connectivity index (χ4n) is 1.91. The highest BCUT2D eigenvalue weighted by Gasteiger charge is 2.38. The summed E-state index contributed by atoms with van der Waals surface area (Å²) in [4.78, 5) is 43.7. The number of hydrogen-bond donors (Lipinski definition) is 6. The Labute approximate surface area is 136 Å². The molecule has 0 bridgehead atoms. The van der Waals surface area contributed by atoms with Gasteiger partial charge in [0.15, 0.2) is 6.10 Å². The van der Waals surface area contributed by atoms with Crippen LogP contribution in [0, 0.1) is 0 Å². The van der Waals surface area contributed by atoms with Crippen LogP contribution in [0.5, 0.6) is 0 Å². The van der Waals surface area contributed by atoms with E-state index in [1.807, 2.05) is 0 Å². The fraction of sp³-hybridized carbons (Fsp3) is 0.692. The Bertz CT molecular complexity index is 479. The quantitative estimate of drug-likeness (QED) is 0.170. The first-order valence-corrected chi connectivity index (χ1v) is 6.86. The van der Waals surface area contributed by atoms with E-state index in [-0.39, 0.29) is 0 Å². The van der Waals surface area contributed by atoms with Crippen molar-refractivity contribution in [2.75, 3.05) is 6.61 Å². The maximum atomic E-state index is 11.2. The van der Waals surface area contributed by atoms with Crippen LogP contribution in [0.1, 0.15) is 20.3 Å². The molecule has 0 unspecified atom stereocenters. The van der Waals surface area contributed by atoms with Gasteiger partial charge in [0.25, 0.3) is 0 Å². The predicted octanol–water partition coefficient (Wildman–Crippen LogP) is -3.46. The third kappa shape index (κ3) is 7.00. The minimum atomic E-state index is -1.97. The van der Waals surface area contributed by atoms with E-state index in [2.05, 4.69) is 10.1 Å². The zero-order chi connectivity index (χ0) is 19.0. The van der Waals surface area contributed by atoms with Crippen LogP contribution < -0.4 is 5.32 Å². The highest BCUT2D eigenvalue weighted by Crippen LogP contribution is 2.13. The number of aliphatic hydroxyl groups excluding tert-OH is 4. The van der Waals surface area contributed by atoms with Crippen molar-refractivity contribution in [2.45, 2.75) is 50.7 Å². The summed E-state index contributed by atoms with van der Waals surface area (Å²) in [5, 5.41) is 49.6. The van der Waals surface area contributed by atoms with Crippen molar-refractivity contribution in [1.29, 1.82) is 0 Å². The summed E-state index contributed by atoms with van der Waals surface area (Å²) in [6.45, 7) is 1.15. The van der Waals surface area contributed by atoms with Crippen molar-refractivity contribution in [2.24, 2.45) is 0 Å². The van der Waals surface area contributed by atoms with E-state index in [9.17, 15) is 34.5 Å². The Morgan fingerprint density at radius 3 is 1.96 bits per heavy atom. The number of amides is 1. The van der Waals surface area contributed by atoms with Gasteiger partial charge in [0, 0.05) is 20.3 Å². The topological polar surface area (TPSA) is 191 Å². The van der Waals surface area contributed by atoms with Crippen molar-refractivity contribution < 1.29 is 49.4 Å². The first kappa shape index (κ1) is 21.9. The summed E-state index contributed by atoms with van der Waals surface area (Å²) in [7, 11) is 0. The van der Waals surface area contributed by atoms with Crippen molar-refractivity contribution in [3.05, 3.63) is 0 Å². The van der Waals surface area contributed by atoms with E-state index in [0.717, 1.165) is 13.8 Å². The predicted molar refractivity (Wildman–Crippen MR) is 75.5 cm³/mol. The van der Waals surface area contributed by atoms with Crippen LogP contribution in [0.3, 0.4) is 0 Å². The van der Waals surface area contributed by atoms with Crippen LogP contribution in [0.2, 0.25) is 0 Å². The maximum absolute atomic E-state index is 11.2. The number of carboxylic acid groups (broad SMARTS) is 1. The molecule has 0 heterocycles. The van der Waals surface area contributed by atoms with Crippen molar-refractivity contribution in [3.8, 4) is 0 Å². The molecule has 138 valence electrons. The molecule has 11 heteroatoms. The lowest BCUT2D eigenvalue weighted by Crippen LogP contribution is -2.58. The Morgan fingerprint density at radius 2 is 1.58 bits per heavy atom. The summed E-state index contributed by atoms with van der Waals surface area (Å²) < 4.78 is 4.58. The van der Waals surface area contributed by atoms with Crippen LogP contribution in [-0.4, -0.2) is 86.2 Å².